The van der Waals surface area contributed by atoms with E-state index in [9.17, 15) is 18.0 Å². The molecule has 0 radical (unpaired) electrons. The Balaban J connectivity index is 2.18. The molecule has 2 amide bonds. The summed E-state index contributed by atoms with van der Waals surface area (Å²) in [5.74, 6) is -0.506. The molecule has 1 N–H and O–H groups in total. The smallest absolute Gasteiger partial charge is 0.242 e. The highest BCUT2D eigenvalue weighted by Crippen LogP contribution is 2.28. The van der Waals surface area contributed by atoms with Crippen LogP contribution in [0, 0.1) is 6.92 Å². The lowest BCUT2D eigenvalue weighted by molar-refractivity contribution is -0.140. The van der Waals surface area contributed by atoms with E-state index in [1.165, 1.54) is 16.3 Å². The van der Waals surface area contributed by atoms with Gasteiger partial charge in [0.15, 0.2) is 0 Å². The number of hydrogen-bond donors (Lipinski definition) is 1. The maximum atomic E-state index is 13.1. The molecule has 1 atom stereocenters. The van der Waals surface area contributed by atoms with Crippen molar-refractivity contribution in [3.8, 4) is 0 Å². The second-order valence-electron chi connectivity index (χ2n) is 7.76. The molecule has 0 bridgehead atoms. The van der Waals surface area contributed by atoms with Crippen molar-refractivity contribution in [2.24, 2.45) is 0 Å². The molecule has 2 aromatic rings. The molecule has 0 aliphatic rings. The molecule has 0 spiro atoms. The molecule has 0 aromatic heterocycles. The zero-order valence-electron chi connectivity index (χ0n) is 19.1. The van der Waals surface area contributed by atoms with Crippen molar-refractivity contribution in [1.82, 2.24) is 10.2 Å². The number of nitrogens with zero attached hydrogens (tertiary/aromatic N) is 2. The average Bonchev–Trinajstić information content (AvgIpc) is 2.75. The molecule has 2 rings (SSSR count). The van der Waals surface area contributed by atoms with Gasteiger partial charge in [0, 0.05) is 36.1 Å². The Kier molecular flexibility index (Phi) is 9.75. The lowest BCUT2D eigenvalue weighted by Crippen LogP contribution is -2.46. The minimum absolute atomic E-state index is 0.0843. The van der Waals surface area contributed by atoms with Gasteiger partial charge in [0.05, 0.1) is 11.9 Å². The van der Waals surface area contributed by atoms with Crippen molar-refractivity contribution in [1.29, 1.82) is 0 Å². The summed E-state index contributed by atoms with van der Waals surface area (Å²) in [4.78, 5) is 26.9. The number of halogens is 2. The van der Waals surface area contributed by atoms with Gasteiger partial charge in [-0.3, -0.25) is 13.9 Å². The Hall–Kier alpha value is -2.10. The van der Waals surface area contributed by atoms with Crippen LogP contribution < -0.4 is 9.62 Å². The van der Waals surface area contributed by atoms with Gasteiger partial charge in [-0.1, -0.05) is 45.7 Å². The van der Waals surface area contributed by atoms with Crippen molar-refractivity contribution in [3.63, 3.8) is 0 Å². The number of carbonyl (C=O) groups is 2. The van der Waals surface area contributed by atoms with Crippen LogP contribution in [0.1, 0.15) is 30.9 Å². The lowest BCUT2D eigenvalue weighted by Gasteiger charge is -2.29. The summed E-state index contributed by atoms with van der Waals surface area (Å²) in [6.45, 7) is 3.81. The molecule has 0 unspecified atom stereocenters. The SMILES string of the molecule is CNC(=O)[C@@H](C)N(Cc1cccc(Br)c1)C(=O)CCCN(c1cccc(Cl)c1C)S(C)(=O)=O. The highest BCUT2D eigenvalue weighted by Gasteiger charge is 2.26. The first kappa shape index (κ1) is 27.1. The van der Waals surface area contributed by atoms with Crippen LogP contribution in [0.5, 0.6) is 0 Å². The molecule has 0 aliphatic carbocycles. The van der Waals surface area contributed by atoms with E-state index in [0.29, 0.717) is 16.3 Å². The van der Waals surface area contributed by atoms with Crippen LogP contribution in [0.3, 0.4) is 0 Å². The average molecular weight is 559 g/mol. The minimum atomic E-state index is -3.58. The topological polar surface area (TPSA) is 86.8 Å². The number of anilines is 1. The van der Waals surface area contributed by atoms with Crippen LogP contribution in [0.2, 0.25) is 5.02 Å². The molecule has 2 aromatic carbocycles. The highest BCUT2D eigenvalue weighted by molar-refractivity contribution is 9.10. The second-order valence-corrected chi connectivity index (χ2v) is 11.0. The minimum Gasteiger partial charge on any atom is -0.357 e. The van der Waals surface area contributed by atoms with Gasteiger partial charge in [0.1, 0.15) is 6.04 Å². The van der Waals surface area contributed by atoms with Gasteiger partial charge in [-0.2, -0.15) is 0 Å². The number of hydrogen-bond acceptors (Lipinski definition) is 4. The van der Waals surface area contributed by atoms with E-state index in [2.05, 4.69) is 21.2 Å². The van der Waals surface area contributed by atoms with Crippen LogP contribution in [-0.2, 0) is 26.2 Å². The van der Waals surface area contributed by atoms with Crippen molar-refractivity contribution in [3.05, 3.63) is 63.1 Å². The standard InChI is InChI=1S/C23H29BrClN3O4S/c1-16-20(25)10-6-11-21(16)28(33(4,31)32)13-7-12-22(29)27(17(2)23(30)26-3)15-18-8-5-9-19(24)14-18/h5-6,8-11,14,17H,7,12-13,15H2,1-4H3,(H,26,30)/t17-/m1/s1. The second kappa shape index (κ2) is 11.9. The normalized spacial score (nSPS) is 12.2. The molecule has 0 saturated carbocycles. The molecule has 0 saturated heterocycles. The number of benzene rings is 2. The van der Waals surface area contributed by atoms with E-state index in [1.54, 1.807) is 32.0 Å². The van der Waals surface area contributed by atoms with Gasteiger partial charge in [0.2, 0.25) is 21.8 Å². The fourth-order valence-corrected chi connectivity index (χ4v) is 5.10. The molecular formula is C23H29BrClN3O4S. The van der Waals surface area contributed by atoms with Gasteiger partial charge in [0.25, 0.3) is 0 Å². The fourth-order valence-electron chi connectivity index (χ4n) is 3.47. The maximum Gasteiger partial charge on any atom is 0.242 e. The number of amides is 2. The monoisotopic (exact) mass is 557 g/mol. The highest BCUT2D eigenvalue weighted by atomic mass is 79.9. The van der Waals surface area contributed by atoms with E-state index in [4.69, 9.17) is 11.6 Å². The number of likely N-dealkylation sites (N-methyl/N-ethyl adjacent to an activating group) is 1. The van der Waals surface area contributed by atoms with Crippen LogP contribution in [0.4, 0.5) is 5.69 Å². The molecule has 33 heavy (non-hydrogen) atoms. The van der Waals surface area contributed by atoms with E-state index in [0.717, 1.165) is 16.3 Å². The van der Waals surface area contributed by atoms with Gasteiger partial charge >= 0.3 is 0 Å². The van der Waals surface area contributed by atoms with Crippen molar-refractivity contribution in [2.75, 3.05) is 24.2 Å². The number of nitrogens with one attached hydrogen (secondary N) is 1. The van der Waals surface area contributed by atoms with E-state index in [-0.39, 0.29) is 37.7 Å². The van der Waals surface area contributed by atoms with Crippen LogP contribution >= 0.6 is 27.5 Å². The molecular weight excluding hydrogens is 530 g/mol. The predicted molar refractivity (Wildman–Crippen MR) is 136 cm³/mol. The van der Waals surface area contributed by atoms with Gasteiger partial charge in [-0.15, -0.1) is 0 Å². The molecule has 0 heterocycles. The van der Waals surface area contributed by atoms with Gasteiger partial charge in [-0.05, 0) is 55.7 Å². The Morgan fingerprint density at radius 2 is 1.85 bits per heavy atom. The zero-order chi connectivity index (χ0) is 24.8. The number of sulfonamides is 1. The van der Waals surface area contributed by atoms with Crippen molar-refractivity contribution >= 4 is 55.1 Å². The van der Waals surface area contributed by atoms with Gasteiger partial charge < -0.3 is 10.2 Å². The van der Waals surface area contributed by atoms with E-state index >= 15 is 0 Å². The van der Waals surface area contributed by atoms with Crippen molar-refractivity contribution in [2.45, 2.75) is 39.3 Å². The Bertz CT molecular complexity index is 1110. The van der Waals surface area contributed by atoms with Crippen molar-refractivity contribution < 1.29 is 18.0 Å². The van der Waals surface area contributed by atoms with E-state index in [1.807, 2.05) is 24.3 Å². The quantitative estimate of drug-likeness (QED) is 0.475. The third-order valence-corrected chi connectivity index (χ3v) is 7.40. The maximum absolute atomic E-state index is 13.1. The first-order chi connectivity index (χ1) is 15.5. The largest absolute Gasteiger partial charge is 0.357 e. The predicted octanol–water partition coefficient (Wildman–Crippen LogP) is 4.12. The Labute approximate surface area is 209 Å². The number of rotatable bonds is 10. The number of carbonyl (C=O) groups excluding carboxylic acids is 2. The first-order valence-corrected chi connectivity index (χ1v) is 13.5. The summed E-state index contributed by atoms with van der Waals surface area (Å²) in [6, 6.07) is 11.9. The zero-order valence-corrected chi connectivity index (χ0v) is 22.3. The molecule has 7 nitrogen and oxygen atoms in total. The third kappa shape index (κ3) is 7.45. The van der Waals surface area contributed by atoms with Crippen LogP contribution in [-0.4, -0.2) is 51.0 Å². The first-order valence-electron chi connectivity index (χ1n) is 10.4. The summed E-state index contributed by atoms with van der Waals surface area (Å²) in [5.41, 5.74) is 2.02. The molecule has 0 aliphatic heterocycles. The Morgan fingerprint density at radius 1 is 1.18 bits per heavy atom. The van der Waals surface area contributed by atoms with Crippen LogP contribution in [0.15, 0.2) is 46.9 Å². The van der Waals surface area contributed by atoms with E-state index < -0.39 is 16.1 Å². The molecule has 180 valence electrons. The Morgan fingerprint density at radius 3 is 2.45 bits per heavy atom. The lowest BCUT2D eigenvalue weighted by atomic mass is 10.1. The molecule has 10 heteroatoms. The summed E-state index contributed by atoms with van der Waals surface area (Å²) >= 11 is 9.60. The summed E-state index contributed by atoms with van der Waals surface area (Å²) in [7, 11) is -2.06. The summed E-state index contributed by atoms with van der Waals surface area (Å²) < 4.78 is 27.0. The fraction of sp³-hybridized carbons (Fsp3) is 0.391. The summed E-state index contributed by atoms with van der Waals surface area (Å²) in [6.07, 6.45) is 1.50. The third-order valence-electron chi connectivity index (χ3n) is 5.32. The van der Waals surface area contributed by atoms with Crippen LogP contribution in [0.25, 0.3) is 0 Å². The van der Waals surface area contributed by atoms with Gasteiger partial charge in [-0.25, -0.2) is 8.42 Å². The molecule has 0 fully saturated rings. The summed E-state index contributed by atoms with van der Waals surface area (Å²) in [5, 5.41) is 3.05.